The molecule has 0 heterocycles. The van der Waals surface area contributed by atoms with Crippen molar-refractivity contribution in [3.63, 3.8) is 0 Å². The fourth-order valence-corrected chi connectivity index (χ4v) is 1.22. The minimum absolute atomic E-state index is 0.375. The lowest BCUT2D eigenvalue weighted by Crippen LogP contribution is -1.92. The van der Waals surface area contributed by atoms with Gasteiger partial charge in [0.15, 0.2) is 0 Å². The summed E-state index contributed by atoms with van der Waals surface area (Å²) in [6.45, 7) is 0.375. The average Bonchev–Trinajstić information content (AvgIpc) is 2.07. The van der Waals surface area contributed by atoms with Gasteiger partial charge in [0.25, 0.3) is 0 Å². The summed E-state index contributed by atoms with van der Waals surface area (Å²) in [7, 11) is 0. The molecule has 1 rings (SSSR count). The molecule has 12 heavy (non-hydrogen) atoms. The molecule has 0 saturated carbocycles. The van der Waals surface area contributed by atoms with Crippen molar-refractivity contribution in [2.24, 2.45) is 5.73 Å². The van der Waals surface area contributed by atoms with E-state index in [-0.39, 0.29) is 0 Å². The van der Waals surface area contributed by atoms with Crippen LogP contribution in [0.3, 0.4) is 0 Å². The molecule has 0 aliphatic heterocycles. The molecule has 0 saturated heterocycles. The van der Waals surface area contributed by atoms with Crippen LogP contribution in [0, 0.1) is 11.8 Å². The van der Waals surface area contributed by atoms with Crippen LogP contribution in [0.5, 0.6) is 0 Å². The van der Waals surface area contributed by atoms with E-state index in [4.69, 9.17) is 17.3 Å². The van der Waals surface area contributed by atoms with Gasteiger partial charge in [-0.2, -0.15) is 0 Å². The van der Waals surface area contributed by atoms with Crippen LogP contribution in [0.2, 0.25) is 5.02 Å². The normalized spacial score (nSPS) is 8.92. The Labute approximate surface area is 85.0 Å². The predicted octanol–water partition coefficient (Wildman–Crippen LogP) is 2.41. The van der Waals surface area contributed by atoms with Gasteiger partial charge in [-0.05, 0) is 34.1 Å². The number of benzene rings is 1. The Hall–Kier alpha value is -0.490. The van der Waals surface area contributed by atoms with Crippen LogP contribution >= 0.6 is 27.5 Å². The lowest BCUT2D eigenvalue weighted by atomic mass is 10.2. The van der Waals surface area contributed by atoms with Gasteiger partial charge in [-0.3, -0.25) is 0 Å². The number of hydrogen-bond donors (Lipinski definition) is 1. The van der Waals surface area contributed by atoms with Crippen LogP contribution in [0.25, 0.3) is 0 Å². The molecule has 1 nitrogen and oxygen atoms in total. The molecule has 0 aliphatic rings. The summed E-state index contributed by atoms with van der Waals surface area (Å²) in [5, 5.41) is 0.688. The van der Waals surface area contributed by atoms with Gasteiger partial charge >= 0.3 is 0 Å². The molecule has 0 amide bonds. The standard InChI is InChI=1S/C9H7BrClN/c10-8-6-7(2-1-5-12)3-4-9(8)11/h3-4,6H,5,12H2. The van der Waals surface area contributed by atoms with Gasteiger partial charge in [0, 0.05) is 10.0 Å². The van der Waals surface area contributed by atoms with E-state index >= 15 is 0 Å². The Balaban J connectivity index is 2.97. The van der Waals surface area contributed by atoms with Crippen LogP contribution in [0.15, 0.2) is 22.7 Å². The van der Waals surface area contributed by atoms with Crippen LogP contribution in [-0.2, 0) is 0 Å². The summed E-state index contributed by atoms with van der Waals surface area (Å²) in [5.74, 6) is 5.67. The lowest BCUT2D eigenvalue weighted by molar-refractivity contribution is 1.30. The van der Waals surface area contributed by atoms with Crippen LogP contribution < -0.4 is 5.73 Å². The van der Waals surface area contributed by atoms with Crippen molar-refractivity contribution in [1.82, 2.24) is 0 Å². The van der Waals surface area contributed by atoms with E-state index in [2.05, 4.69) is 27.8 Å². The zero-order valence-corrected chi connectivity index (χ0v) is 8.61. The summed E-state index contributed by atoms with van der Waals surface area (Å²) < 4.78 is 0.855. The first-order valence-electron chi connectivity index (χ1n) is 3.38. The van der Waals surface area contributed by atoms with Gasteiger partial charge in [-0.15, -0.1) is 0 Å². The van der Waals surface area contributed by atoms with E-state index in [9.17, 15) is 0 Å². The maximum Gasteiger partial charge on any atom is 0.0555 e. The highest BCUT2D eigenvalue weighted by Gasteiger charge is 1.95. The molecular weight excluding hydrogens is 237 g/mol. The van der Waals surface area contributed by atoms with Crippen molar-refractivity contribution in [3.8, 4) is 11.8 Å². The largest absolute Gasteiger partial charge is 0.320 e. The molecule has 1 aromatic carbocycles. The van der Waals surface area contributed by atoms with E-state index in [1.165, 1.54) is 0 Å². The molecule has 0 aliphatic carbocycles. The predicted molar refractivity (Wildman–Crippen MR) is 55.1 cm³/mol. The molecule has 1 aromatic rings. The van der Waals surface area contributed by atoms with E-state index < -0.39 is 0 Å². The Morgan fingerprint density at radius 3 is 2.83 bits per heavy atom. The Kier molecular flexibility index (Phi) is 3.61. The first-order chi connectivity index (χ1) is 5.74. The summed E-state index contributed by atoms with van der Waals surface area (Å²) in [5.41, 5.74) is 6.15. The second-order valence-corrected chi connectivity index (χ2v) is 3.40. The maximum atomic E-state index is 5.79. The maximum absolute atomic E-state index is 5.79. The molecule has 0 radical (unpaired) electrons. The first kappa shape index (κ1) is 9.60. The van der Waals surface area contributed by atoms with Gasteiger partial charge in [-0.1, -0.05) is 23.4 Å². The molecule has 0 fully saturated rings. The quantitative estimate of drug-likeness (QED) is 0.697. The Bertz CT molecular complexity index is 338. The fraction of sp³-hybridized carbons (Fsp3) is 0.111. The van der Waals surface area contributed by atoms with Gasteiger partial charge in [-0.25, -0.2) is 0 Å². The molecule has 0 spiro atoms. The summed E-state index contributed by atoms with van der Waals surface area (Å²) in [6.07, 6.45) is 0. The molecule has 0 bridgehead atoms. The van der Waals surface area contributed by atoms with Crippen molar-refractivity contribution in [3.05, 3.63) is 33.3 Å². The number of nitrogens with two attached hydrogens (primary N) is 1. The number of rotatable bonds is 0. The average molecular weight is 245 g/mol. The van der Waals surface area contributed by atoms with Crippen LogP contribution in [-0.4, -0.2) is 6.54 Å². The minimum atomic E-state index is 0.375. The molecule has 2 N–H and O–H groups in total. The third kappa shape index (κ3) is 2.53. The highest BCUT2D eigenvalue weighted by atomic mass is 79.9. The second-order valence-electron chi connectivity index (χ2n) is 2.13. The lowest BCUT2D eigenvalue weighted by Gasteiger charge is -1.94. The van der Waals surface area contributed by atoms with Crippen molar-refractivity contribution >= 4 is 27.5 Å². The highest BCUT2D eigenvalue weighted by molar-refractivity contribution is 9.10. The molecule has 0 unspecified atom stereocenters. The third-order valence-corrected chi connectivity index (χ3v) is 2.47. The molecular formula is C9H7BrClN. The van der Waals surface area contributed by atoms with Gasteiger partial charge in [0.05, 0.1) is 11.6 Å². The number of halogens is 2. The van der Waals surface area contributed by atoms with Crippen LogP contribution in [0.4, 0.5) is 0 Å². The highest BCUT2D eigenvalue weighted by Crippen LogP contribution is 2.22. The Morgan fingerprint density at radius 2 is 2.25 bits per heavy atom. The first-order valence-corrected chi connectivity index (χ1v) is 4.55. The van der Waals surface area contributed by atoms with Crippen molar-refractivity contribution in [2.75, 3.05) is 6.54 Å². The minimum Gasteiger partial charge on any atom is -0.320 e. The van der Waals surface area contributed by atoms with E-state index in [0.717, 1.165) is 10.0 Å². The summed E-state index contributed by atoms with van der Waals surface area (Å²) in [4.78, 5) is 0. The van der Waals surface area contributed by atoms with Crippen LogP contribution in [0.1, 0.15) is 5.56 Å². The van der Waals surface area contributed by atoms with Crippen molar-refractivity contribution < 1.29 is 0 Å². The zero-order valence-electron chi connectivity index (χ0n) is 6.27. The van der Waals surface area contributed by atoms with Crippen molar-refractivity contribution in [1.29, 1.82) is 0 Å². The van der Waals surface area contributed by atoms with E-state index in [0.29, 0.717) is 11.6 Å². The van der Waals surface area contributed by atoms with Gasteiger partial charge in [0.1, 0.15) is 0 Å². The van der Waals surface area contributed by atoms with E-state index in [1.807, 2.05) is 12.1 Å². The second kappa shape index (κ2) is 4.51. The van der Waals surface area contributed by atoms with E-state index in [1.54, 1.807) is 6.07 Å². The summed E-state index contributed by atoms with van der Waals surface area (Å²) >= 11 is 9.10. The topological polar surface area (TPSA) is 26.0 Å². The number of hydrogen-bond acceptors (Lipinski definition) is 1. The van der Waals surface area contributed by atoms with Gasteiger partial charge < -0.3 is 5.73 Å². The van der Waals surface area contributed by atoms with Crippen molar-refractivity contribution in [2.45, 2.75) is 0 Å². The zero-order chi connectivity index (χ0) is 8.97. The monoisotopic (exact) mass is 243 g/mol. The molecule has 62 valence electrons. The third-order valence-electron chi connectivity index (χ3n) is 1.25. The Morgan fingerprint density at radius 1 is 1.50 bits per heavy atom. The summed E-state index contributed by atoms with van der Waals surface area (Å²) in [6, 6.07) is 5.52. The van der Waals surface area contributed by atoms with Gasteiger partial charge in [0.2, 0.25) is 0 Å². The molecule has 0 aromatic heterocycles. The molecule has 3 heteroatoms. The SMILES string of the molecule is NCC#Cc1ccc(Cl)c(Br)c1. The molecule has 0 atom stereocenters. The fourth-order valence-electron chi connectivity index (χ4n) is 0.727. The smallest absolute Gasteiger partial charge is 0.0555 e.